The number of likely N-dealkylation sites (tertiary alicyclic amines) is 1. The highest BCUT2D eigenvalue weighted by molar-refractivity contribution is 5.81. The van der Waals surface area contributed by atoms with E-state index >= 15 is 0 Å². The van der Waals surface area contributed by atoms with Gasteiger partial charge in [-0.2, -0.15) is 0 Å². The SMILES string of the molecule is CC(C)C[C@@H]1CN(C(=O)[C@@H](C)N)CC[C@H]1O. The lowest BCUT2D eigenvalue weighted by Crippen LogP contribution is -2.50. The van der Waals surface area contributed by atoms with Crippen molar-refractivity contribution in [2.24, 2.45) is 17.6 Å². The molecule has 0 aliphatic carbocycles. The molecule has 1 rings (SSSR count). The van der Waals surface area contributed by atoms with E-state index < -0.39 is 6.04 Å². The van der Waals surface area contributed by atoms with Crippen LogP contribution in [0.1, 0.15) is 33.6 Å². The van der Waals surface area contributed by atoms with Gasteiger partial charge in [0.25, 0.3) is 0 Å². The summed E-state index contributed by atoms with van der Waals surface area (Å²) in [5.74, 6) is 0.752. The number of nitrogens with two attached hydrogens (primary N) is 1. The van der Waals surface area contributed by atoms with Crippen molar-refractivity contribution in [3.8, 4) is 0 Å². The summed E-state index contributed by atoms with van der Waals surface area (Å²) < 4.78 is 0. The molecule has 0 aromatic heterocycles. The van der Waals surface area contributed by atoms with E-state index in [1.807, 2.05) is 0 Å². The van der Waals surface area contributed by atoms with Crippen LogP contribution in [0.25, 0.3) is 0 Å². The molecule has 0 radical (unpaired) electrons. The first-order valence-corrected chi connectivity index (χ1v) is 6.14. The Balaban J connectivity index is 2.56. The first-order chi connectivity index (χ1) is 7.41. The summed E-state index contributed by atoms with van der Waals surface area (Å²) in [4.78, 5) is 13.6. The van der Waals surface area contributed by atoms with Crippen molar-refractivity contribution in [1.82, 2.24) is 4.90 Å². The number of carbonyl (C=O) groups excluding carboxylic acids is 1. The lowest BCUT2D eigenvalue weighted by molar-refractivity contribution is -0.136. The first kappa shape index (κ1) is 13.5. The smallest absolute Gasteiger partial charge is 0.239 e. The minimum absolute atomic E-state index is 0.000608. The summed E-state index contributed by atoms with van der Waals surface area (Å²) in [5.41, 5.74) is 5.59. The lowest BCUT2D eigenvalue weighted by Gasteiger charge is -2.37. The highest BCUT2D eigenvalue weighted by Crippen LogP contribution is 2.24. The lowest BCUT2D eigenvalue weighted by atomic mass is 9.87. The van der Waals surface area contributed by atoms with Gasteiger partial charge in [-0.15, -0.1) is 0 Å². The second kappa shape index (κ2) is 5.64. The molecule has 0 saturated carbocycles. The van der Waals surface area contributed by atoms with E-state index in [1.165, 1.54) is 0 Å². The van der Waals surface area contributed by atoms with E-state index in [-0.39, 0.29) is 17.9 Å². The number of hydrogen-bond donors (Lipinski definition) is 2. The summed E-state index contributed by atoms with van der Waals surface area (Å²) in [6.07, 6.45) is 1.37. The predicted molar refractivity (Wildman–Crippen MR) is 63.8 cm³/mol. The topological polar surface area (TPSA) is 66.6 Å². The molecule has 4 nitrogen and oxygen atoms in total. The van der Waals surface area contributed by atoms with E-state index in [0.717, 1.165) is 6.42 Å². The fourth-order valence-corrected chi connectivity index (χ4v) is 2.35. The fourth-order valence-electron chi connectivity index (χ4n) is 2.35. The molecule has 3 N–H and O–H groups in total. The molecule has 1 fully saturated rings. The molecule has 4 heteroatoms. The maximum absolute atomic E-state index is 11.8. The molecular formula is C12H24N2O2. The molecule has 94 valence electrons. The standard InChI is InChI=1S/C12H24N2O2/c1-8(2)6-10-7-14(5-4-11(10)15)12(16)9(3)13/h8-11,15H,4-7,13H2,1-3H3/t9-,10-,11-/m1/s1. The largest absolute Gasteiger partial charge is 0.393 e. The number of nitrogens with zero attached hydrogens (tertiary/aromatic N) is 1. The number of amides is 1. The molecule has 0 unspecified atom stereocenters. The minimum atomic E-state index is -0.435. The molecule has 0 aromatic rings. The highest BCUT2D eigenvalue weighted by atomic mass is 16.3. The Hall–Kier alpha value is -0.610. The summed E-state index contributed by atoms with van der Waals surface area (Å²) in [5, 5.41) is 9.89. The van der Waals surface area contributed by atoms with Gasteiger partial charge in [-0.3, -0.25) is 4.79 Å². The normalized spacial score (nSPS) is 28.2. The monoisotopic (exact) mass is 228 g/mol. The molecule has 0 aromatic carbocycles. The van der Waals surface area contributed by atoms with Crippen LogP contribution in [0.2, 0.25) is 0 Å². The van der Waals surface area contributed by atoms with Gasteiger partial charge in [-0.25, -0.2) is 0 Å². The van der Waals surface area contributed by atoms with Gasteiger partial charge in [-0.1, -0.05) is 13.8 Å². The maximum Gasteiger partial charge on any atom is 0.239 e. The van der Waals surface area contributed by atoms with Crippen LogP contribution >= 0.6 is 0 Å². The van der Waals surface area contributed by atoms with Crippen LogP contribution in [-0.4, -0.2) is 41.1 Å². The fraction of sp³-hybridized carbons (Fsp3) is 0.917. The van der Waals surface area contributed by atoms with Crippen molar-refractivity contribution in [3.05, 3.63) is 0 Å². The van der Waals surface area contributed by atoms with Crippen LogP contribution in [0.3, 0.4) is 0 Å². The summed E-state index contributed by atoms with van der Waals surface area (Å²) in [7, 11) is 0. The molecule has 1 aliphatic rings. The van der Waals surface area contributed by atoms with Crippen LogP contribution in [-0.2, 0) is 4.79 Å². The summed E-state index contributed by atoms with van der Waals surface area (Å²) >= 11 is 0. The van der Waals surface area contributed by atoms with Gasteiger partial charge in [0.15, 0.2) is 0 Å². The Morgan fingerprint density at radius 3 is 2.62 bits per heavy atom. The van der Waals surface area contributed by atoms with E-state index in [0.29, 0.717) is 25.4 Å². The Morgan fingerprint density at radius 1 is 1.50 bits per heavy atom. The third-order valence-corrected chi connectivity index (χ3v) is 3.17. The molecule has 3 atom stereocenters. The molecule has 1 heterocycles. The first-order valence-electron chi connectivity index (χ1n) is 6.14. The second-order valence-corrected chi connectivity index (χ2v) is 5.32. The minimum Gasteiger partial charge on any atom is -0.393 e. The van der Waals surface area contributed by atoms with Crippen LogP contribution in [0, 0.1) is 11.8 Å². The number of aliphatic hydroxyl groups is 1. The second-order valence-electron chi connectivity index (χ2n) is 5.32. The van der Waals surface area contributed by atoms with Gasteiger partial charge in [0.1, 0.15) is 0 Å². The Bertz CT molecular complexity index is 241. The van der Waals surface area contributed by atoms with Gasteiger partial charge in [-0.05, 0) is 25.7 Å². The number of carbonyl (C=O) groups is 1. The summed E-state index contributed by atoms with van der Waals surface area (Å²) in [6, 6.07) is -0.435. The van der Waals surface area contributed by atoms with E-state index in [9.17, 15) is 9.90 Å². The van der Waals surface area contributed by atoms with Crippen LogP contribution in [0.15, 0.2) is 0 Å². The van der Waals surface area contributed by atoms with E-state index in [2.05, 4.69) is 13.8 Å². The number of rotatable bonds is 3. The van der Waals surface area contributed by atoms with Crippen molar-refractivity contribution in [2.45, 2.75) is 45.8 Å². The third kappa shape index (κ3) is 3.46. The zero-order valence-corrected chi connectivity index (χ0v) is 10.5. The average molecular weight is 228 g/mol. The van der Waals surface area contributed by atoms with Gasteiger partial charge in [0, 0.05) is 19.0 Å². The molecule has 1 amide bonds. The van der Waals surface area contributed by atoms with Crippen LogP contribution in [0.4, 0.5) is 0 Å². The van der Waals surface area contributed by atoms with Gasteiger partial charge in [0.05, 0.1) is 12.1 Å². The van der Waals surface area contributed by atoms with Crippen molar-refractivity contribution in [1.29, 1.82) is 0 Å². The van der Waals surface area contributed by atoms with Crippen LogP contribution < -0.4 is 5.73 Å². The van der Waals surface area contributed by atoms with E-state index in [1.54, 1.807) is 11.8 Å². The predicted octanol–water partition coefficient (Wildman–Crippen LogP) is 0.589. The van der Waals surface area contributed by atoms with Gasteiger partial charge < -0.3 is 15.7 Å². The zero-order chi connectivity index (χ0) is 12.3. The molecule has 16 heavy (non-hydrogen) atoms. The van der Waals surface area contributed by atoms with E-state index in [4.69, 9.17) is 5.73 Å². The Morgan fingerprint density at radius 2 is 2.12 bits per heavy atom. The average Bonchev–Trinajstić information content (AvgIpc) is 2.19. The molecule has 0 spiro atoms. The van der Waals surface area contributed by atoms with Crippen molar-refractivity contribution in [2.75, 3.05) is 13.1 Å². The number of hydrogen-bond acceptors (Lipinski definition) is 3. The zero-order valence-electron chi connectivity index (χ0n) is 10.5. The molecule has 1 saturated heterocycles. The molecule has 0 bridgehead atoms. The third-order valence-electron chi connectivity index (χ3n) is 3.17. The van der Waals surface area contributed by atoms with Crippen LogP contribution in [0.5, 0.6) is 0 Å². The van der Waals surface area contributed by atoms with Crippen molar-refractivity contribution < 1.29 is 9.90 Å². The van der Waals surface area contributed by atoms with Gasteiger partial charge in [0.2, 0.25) is 5.91 Å². The number of aliphatic hydroxyl groups excluding tert-OH is 1. The van der Waals surface area contributed by atoms with Gasteiger partial charge >= 0.3 is 0 Å². The summed E-state index contributed by atoms with van der Waals surface area (Å²) in [6.45, 7) is 7.28. The van der Waals surface area contributed by atoms with Crippen molar-refractivity contribution >= 4 is 5.91 Å². The quantitative estimate of drug-likeness (QED) is 0.743. The number of piperidine rings is 1. The maximum atomic E-state index is 11.8. The highest BCUT2D eigenvalue weighted by Gasteiger charge is 2.31. The van der Waals surface area contributed by atoms with Crippen molar-refractivity contribution in [3.63, 3.8) is 0 Å². The Kier molecular flexibility index (Phi) is 4.74. The Labute approximate surface area is 97.8 Å². The molecular weight excluding hydrogens is 204 g/mol. The molecule has 1 aliphatic heterocycles.